The Morgan fingerprint density at radius 2 is 1.85 bits per heavy atom. The van der Waals surface area contributed by atoms with Gasteiger partial charge in [-0.2, -0.15) is 0 Å². The first-order chi connectivity index (χ1) is 28.5. The van der Waals surface area contributed by atoms with Crippen LogP contribution in [0.25, 0.3) is 0 Å². The zero-order chi connectivity index (χ0) is 41.3. The normalized spacial score (nSPS) is 23.4. The second kappa shape index (κ2) is 17.0. The number of piperidine rings is 1. The van der Waals surface area contributed by atoms with E-state index in [-0.39, 0.29) is 47.8 Å². The average Bonchev–Trinajstić information content (AvgIpc) is 3.91. The van der Waals surface area contributed by atoms with Crippen molar-refractivity contribution >= 4 is 48.1 Å². The summed E-state index contributed by atoms with van der Waals surface area (Å²) in [6.45, 7) is 9.30. The molecular formula is C46H53ClN6O5Si. The molecule has 0 radical (unpaired) electrons. The van der Waals surface area contributed by atoms with Gasteiger partial charge in [-0.05, 0) is 84.9 Å². The van der Waals surface area contributed by atoms with Crippen molar-refractivity contribution in [3.63, 3.8) is 0 Å². The van der Waals surface area contributed by atoms with E-state index in [4.69, 9.17) is 21.1 Å². The Morgan fingerprint density at radius 1 is 1.08 bits per heavy atom. The molecule has 2 saturated heterocycles. The Labute approximate surface area is 352 Å². The van der Waals surface area contributed by atoms with Crippen LogP contribution in [0.15, 0.2) is 103 Å². The molecule has 2 amide bonds. The van der Waals surface area contributed by atoms with Crippen molar-refractivity contribution in [1.29, 1.82) is 0 Å². The quantitative estimate of drug-likeness (QED) is 0.110. The number of benzene rings is 4. The minimum absolute atomic E-state index is 0.0198. The number of aromatic nitrogens is 3. The highest BCUT2D eigenvalue weighted by molar-refractivity contribution is 6.91. The summed E-state index contributed by atoms with van der Waals surface area (Å²) in [6.07, 6.45) is 4.06. The molecule has 8 rings (SSSR count). The van der Waals surface area contributed by atoms with Crippen LogP contribution >= 0.6 is 11.6 Å². The lowest BCUT2D eigenvalue weighted by molar-refractivity contribution is -0.146. The van der Waals surface area contributed by atoms with Crippen molar-refractivity contribution in [2.24, 2.45) is 11.8 Å². The summed E-state index contributed by atoms with van der Waals surface area (Å²) in [7, 11) is -0.725. The second-order valence-electron chi connectivity index (χ2n) is 16.8. The van der Waals surface area contributed by atoms with E-state index in [0.29, 0.717) is 36.8 Å². The van der Waals surface area contributed by atoms with Gasteiger partial charge < -0.3 is 30.1 Å². The smallest absolute Gasteiger partial charge is 0.264 e. The second-order valence-corrected chi connectivity index (χ2v) is 21.9. The fourth-order valence-electron chi connectivity index (χ4n) is 9.81. The summed E-state index contributed by atoms with van der Waals surface area (Å²) in [5.74, 6) is 0.173. The van der Waals surface area contributed by atoms with E-state index in [0.717, 1.165) is 53.2 Å². The number of amides is 2. The summed E-state index contributed by atoms with van der Waals surface area (Å²) < 4.78 is 14.7. The predicted molar refractivity (Wildman–Crippen MR) is 233 cm³/mol. The summed E-state index contributed by atoms with van der Waals surface area (Å²) in [5, 5.41) is 27.5. The fourth-order valence-corrected chi connectivity index (χ4v) is 14.0. The summed E-state index contributed by atoms with van der Waals surface area (Å²) in [5.41, 5.74) is 3.66. The van der Waals surface area contributed by atoms with Crippen LogP contribution in [0.5, 0.6) is 5.75 Å². The van der Waals surface area contributed by atoms with Gasteiger partial charge in [-0.1, -0.05) is 96.6 Å². The van der Waals surface area contributed by atoms with E-state index in [1.165, 1.54) is 5.19 Å². The Balaban J connectivity index is 1.09. The van der Waals surface area contributed by atoms with E-state index in [9.17, 15) is 9.90 Å². The number of carbonyl (C=O) groups excluding carboxylic acids is 2. The van der Waals surface area contributed by atoms with Gasteiger partial charge in [-0.3, -0.25) is 14.3 Å². The third kappa shape index (κ3) is 7.84. The highest BCUT2D eigenvalue weighted by Crippen LogP contribution is 2.60. The average molecular weight is 834 g/mol. The number of nitrogens with zero attached hydrogens (tertiary/aromatic N) is 4. The topological polar surface area (TPSA) is 131 Å². The van der Waals surface area contributed by atoms with E-state index in [2.05, 4.69) is 53.1 Å². The predicted octanol–water partition coefficient (Wildman–Crippen LogP) is 6.86. The van der Waals surface area contributed by atoms with Crippen molar-refractivity contribution in [2.45, 2.75) is 75.5 Å². The molecule has 6 atom stereocenters. The van der Waals surface area contributed by atoms with Gasteiger partial charge in [0.05, 0.1) is 57.7 Å². The van der Waals surface area contributed by atoms with E-state index >= 15 is 4.79 Å². The molecule has 1 aromatic heterocycles. The van der Waals surface area contributed by atoms with Gasteiger partial charge in [0.25, 0.3) is 5.91 Å². The molecule has 2 fully saturated rings. The molecule has 3 aliphatic rings. The number of halogens is 1. The van der Waals surface area contributed by atoms with Crippen LogP contribution in [0.4, 0.5) is 11.4 Å². The molecule has 0 aliphatic carbocycles. The molecular weight excluding hydrogens is 780 g/mol. The van der Waals surface area contributed by atoms with Gasteiger partial charge in [0.1, 0.15) is 5.75 Å². The van der Waals surface area contributed by atoms with E-state index in [1.54, 1.807) is 7.11 Å². The van der Waals surface area contributed by atoms with Crippen LogP contribution in [0.2, 0.25) is 23.7 Å². The number of anilines is 2. The van der Waals surface area contributed by atoms with Crippen molar-refractivity contribution in [1.82, 2.24) is 20.3 Å². The number of hydrogen-bond acceptors (Lipinski definition) is 8. The number of ether oxygens (including phenoxy) is 2. The van der Waals surface area contributed by atoms with Crippen LogP contribution in [-0.2, 0) is 33.0 Å². The van der Waals surface area contributed by atoms with Crippen LogP contribution < -0.4 is 25.5 Å². The fraction of sp³-hybridized carbons (Fsp3) is 0.391. The highest BCUT2D eigenvalue weighted by Gasteiger charge is 2.66. The molecule has 5 aromatic rings. The van der Waals surface area contributed by atoms with Crippen LogP contribution in [0.3, 0.4) is 0 Å². The number of aliphatic hydroxyl groups is 1. The molecule has 0 bridgehead atoms. The van der Waals surface area contributed by atoms with Crippen LogP contribution in [0.1, 0.15) is 54.5 Å². The van der Waals surface area contributed by atoms with Crippen LogP contribution in [0, 0.1) is 11.8 Å². The molecule has 4 heterocycles. The molecule has 4 aromatic carbocycles. The Bertz CT molecular complexity index is 2270. The number of hydrogen-bond donors (Lipinski definition) is 3. The molecule has 13 heteroatoms. The lowest BCUT2D eigenvalue weighted by atomic mass is 9.82. The molecule has 0 saturated carbocycles. The zero-order valence-electron chi connectivity index (χ0n) is 34.1. The van der Waals surface area contributed by atoms with Crippen molar-refractivity contribution < 1.29 is 24.2 Å². The molecule has 59 heavy (non-hydrogen) atoms. The third-order valence-corrected chi connectivity index (χ3v) is 17.6. The Hall–Kier alpha value is -4.85. The third-order valence-electron chi connectivity index (χ3n) is 13.0. The summed E-state index contributed by atoms with van der Waals surface area (Å²) in [6, 6.07) is 31.6. The lowest BCUT2D eigenvalue weighted by Gasteiger charge is -2.37. The van der Waals surface area contributed by atoms with E-state index in [1.807, 2.05) is 101 Å². The minimum Gasteiger partial charge on any atom is -0.497 e. The first-order valence-electron chi connectivity index (χ1n) is 20.6. The van der Waals surface area contributed by atoms with Crippen LogP contribution in [-0.4, -0.2) is 72.9 Å². The molecule has 3 N–H and O–H groups in total. The molecule has 1 spiro atoms. The molecule has 308 valence electrons. The van der Waals surface area contributed by atoms with Gasteiger partial charge in [0.15, 0.2) is 5.60 Å². The monoisotopic (exact) mass is 832 g/mol. The maximum Gasteiger partial charge on any atom is 0.264 e. The number of carbonyl (C=O) groups is 2. The van der Waals surface area contributed by atoms with Gasteiger partial charge in [-0.15, -0.1) is 5.10 Å². The number of nitrogens with one attached hydrogen (secondary N) is 2. The standard InChI is InChI=1S/C46H53ClN6O5Si/c1-30-43(59(3,4)37-19-17-36(57-2)18-20-37)42(22-24-52-28-40(50-51-52)38(29-54)32-9-6-5-7-10-32)58-46(30)39-25-34(47)14-21-41(39)53(45(46)56)27-31-12-15-35(16-13-31)49-44(55)33-11-8-23-48-26-33/h5-7,9-10,12-21,25,28,30,33,38,42-43,48,54H,8,11,22-24,26-27,29H2,1-4H3,(H,49,55)/t30-,33?,38?,42+,43-,46+/m1/s1. The van der Waals surface area contributed by atoms with Crippen molar-refractivity contribution in [2.75, 3.05) is 37.0 Å². The van der Waals surface area contributed by atoms with Crippen molar-refractivity contribution in [3.8, 4) is 5.75 Å². The van der Waals surface area contributed by atoms with E-state index < -0.39 is 13.7 Å². The van der Waals surface area contributed by atoms with Gasteiger partial charge in [-0.25, -0.2) is 0 Å². The molecule has 3 aliphatic heterocycles. The Kier molecular flexibility index (Phi) is 11.8. The number of fused-ring (bicyclic) bond motifs is 2. The zero-order valence-corrected chi connectivity index (χ0v) is 35.9. The Morgan fingerprint density at radius 3 is 2.54 bits per heavy atom. The number of aryl methyl sites for hydroxylation is 1. The number of rotatable bonds is 13. The molecule has 11 nitrogen and oxygen atoms in total. The lowest BCUT2D eigenvalue weighted by Crippen LogP contribution is -2.51. The summed E-state index contributed by atoms with van der Waals surface area (Å²) >= 11 is 6.75. The highest BCUT2D eigenvalue weighted by atomic mass is 35.5. The number of aliphatic hydroxyl groups excluding tert-OH is 1. The van der Waals surface area contributed by atoms with Gasteiger partial charge in [0, 0.05) is 41.5 Å². The number of methoxy groups -OCH3 is 1. The summed E-state index contributed by atoms with van der Waals surface area (Å²) in [4.78, 5) is 30.1. The van der Waals surface area contributed by atoms with Gasteiger partial charge in [0.2, 0.25) is 5.91 Å². The van der Waals surface area contributed by atoms with Gasteiger partial charge >= 0.3 is 0 Å². The minimum atomic E-state index is -2.40. The molecule has 2 unspecified atom stereocenters. The first-order valence-corrected chi connectivity index (χ1v) is 24.1. The SMILES string of the molecule is COc1ccc([Si](C)(C)[C@H]2[C@H](CCn3cc(C(CO)c4ccccc4)nn3)O[C@@]3(C(=O)N(Cc4ccc(NC(=O)C5CCCNC5)cc4)c4ccc(Cl)cc43)[C@@H]2C)cc1. The maximum atomic E-state index is 15.3. The van der Waals surface area contributed by atoms with Crippen molar-refractivity contribution in [3.05, 3.63) is 131 Å². The largest absolute Gasteiger partial charge is 0.497 e. The first kappa shape index (κ1) is 40.9. The maximum absolute atomic E-state index is 15.3.